The van der Waals surface area contributed by atoms with E-state index in [1.165, 1.54) is 5.56 Å². The van der Waals surface area contributed by atoms with Gasteiger partial charge in [-0.25, -0.2) is 9.97 Å². The molecule has 0 amide bonds. The predicted octanol–water partition coefficient (Wildman–Crippen LogP) is 3.73. The molecule has 0 aliphatic heterocycles. The number of nitrogens with zero attached hydrogens (tertiary/aromatic N) is 2. The van der Waals surface area contributed by atoms with Crippen LogP contribution in [0.3, 0.4) is 0 Å². The first-order chi connectivity index (χ1) is 10.3. The molecule has 116 valence electrons. The molecule has 0 bridgehead atoms. The van der Waals surface area contributed by atoms with Gasteiger partial charge in [-0.3, -0.25) is 4.79 Å². The minimum Gasteiger partial charge on any atom is -0.481 e. The van der Waals surface area contributed by atoms with Crippen molar-refractivity contribution >= 4 is 29.1 Å². The molecule has 0 atom stereocenters. The van der Waals surface area contributed by atoms with E-state index in [9.17, 15) is 4.79 Å². The first kappa shape index (κ1) is 16.2. The smallest absolute Gasteiger partial charge is 0.308 e. The number of aryl methyl sites for hydroxylation is 4. The Morgan fingerprint density at radius 1 is 1.18 bits per heavy atom. The number of benzene rings is 1. The average Bonchev–Trinajstić information content (AvgIpc) is 2.37. The summed E-state index contributed by atoms with van der Waals surface area (Å²) in [6.45, 7) is 7.74. The van der Waals surface area contributed by atoms with E-state index in [2.05, 4.69) is 27.4 Å². The van der Waals surface area contributed by atoms with Gasteiger partial charge in [-0.15, -0.1) is 0 Å². The molecule has 0 radical (unpaired) electrons. The third-order valence-electron chi connectivity index (χ3n) is 3.32. The number of aliphatic carboxylic acids is 1. The van der Waals surface area contributed by atoms with Gasteiger partial charge in [0.15, 0.2) is 0 Å². The van der Waals surface area contributed by atoms with Gasteiger partial charge in [-0.2, -0.15) is 0 Å². The van der Waals surface area contributed by atoms with E-state index < -0.39 is 5.97 Å². The van der Waals surface area contributed by atoms with Crippen molar-refractivity contribution in [2.45, 2.75) is 34.1 Å². The second-order valence-electron chi connectivity index (χ2n) is 5.36. The molecule has 6 heteroatoms. The van der Waals surface area contributed by atoms with Crippen molar-refractivity contribution in [3.05, 3.63) is 45.4 Å². The van der Waals surface area contributed by atoms with Crippen molar-refractivity contribution in [1.82, 2.24) is 9.97 Å². The van der Waals surface area contributed by atoms with Crippen LogP contribution < -0.4 is 5.32 Å². The van der Waals surface area contributed by atoms with E-state index in [1.807, 2.05) is 20.8 Å². The topological polar surface area (TPSA) is 75.1 Å². The lowest BCUT2D eigenvalue weighted by Gasteiger charge is -2.16. The molecular weight excluding hydrogens is 302 g/mol. The fourth-order valence-electron chi connectivity index (χ4n) is 2.47. The van der Waals surface area contributed by atoms with Crippen molar-refractivity contribution in [3.8, 4) is 0 Å². The van der Waals surface area contributed by atoms with Crippen LogP contribution >= 0.6 is 11.6 Å². The number of nitrogens with one attached hydrogen (secondary N) is 1. The standard InChI is InChI=1S/C16H18ClN3O2/c1-8-5-9(2)14(10(3)6-8)20-16-12(7-13(21)22)15(17)18-11(4)19-16/h5-6H,7H2,1-4H3,(H,21,22)(H,18,19,20). The van der Waals surface area contributed by atoms with E-state index in [0.29, 0.717) is 17.2 Å². The molecule has 2 aromatic rings. The Morgan fingerprint density at radius 3 is 2.32 bits per heavy atom. The van der Waals surface area contributed by atoms with E-state index in [1.54, 1.807) is 6.92 Å². The number of rotatable bonds is 4. The highest BCUT2D eigenvalue weighted by Crippen LogP contribution is 2.29. The molecule has 0 unspecified atom stereocenters. The molecule has 1 aromatic carbocycles. The Hall–Kier alpha value is -2.14. The monoisotopic (exact) mass is 319 g/mol. The highest BCUT2D eigenvalue weighted by molar-refractivity contribution is 6.30. The van der Waals surface area contributed by atoms with Gasteiger partial charge in [-0.1, -0.05) is 29.3 Å². The molecule has 2 rings (SSSR count). The second kappa shape index (κ2) is 6.32. The molecule has 2 N–H and O–H groups in total. The van der Waals surface area contributed by atoms with Crippen molar-refractivity contribution in [2.24, 2.45) is 0 Å². The lowest BCUT2D eigenvalue weighted by atomic mass is 10.0. The number of anilines is 2. The van der Waals surface area contributed by atoms with Gasteiger partial charge in [0.2, 0.25) is 0 Å². The minimum absolute atomic E-state index is 0.166. The summed E-state index contributed by atoms with van der Waals surface area (Å²) in [4.78, 5) is 19.4. The third-order valence-corrected chi connectivity index (χ3v) is 3.63. The molecule has 1 aromatic heterocycles. The molecule has 0 fully saturated rings. The first-order valence-electron chi connectivity index (χ1n) is 6.87. The summed E-state index contributed by atoms with van der Waals surface area (Å²) in [6.07, 6.45) is -0.231. The van der Waals surface area contributed by atoms with Gasteiger partial charge in [0, 0.05) is 11.3 Å². The molecule has 1 heterocycles. The highest BCUT2D eigenvalue weighted by atomic mass is 35.5. The van der Waals surface area contributed by atoms with E-state index in [4.69, 9.17) is 16.7 Å². The molecule has 0 saturated heterocycles. The van der Waals surface area contributed by atoms with Crippen LogP contribution in [-0.4, -0.2) is 21.0 Å². The van der Waals surface area contributed by atoms with Gasteiger partial charge < -0.3 is 10.4 Å². The van der Waals surface area contributed by atoms with Gasteiger partial charge in [-0.05, 0) is 38.8 Å². The summed E-state index contributed by atoms with van der Waals surface area (Å²) in [7, 11) is 0. The van der Waals surface area contributed by atoms with Crippen molar-refractivity contribution in [1.29, 1.82) is 0 Å². The van der Waals surface area contributed by atoms with Crippen LogP contribution in [0.5, 0.6) is 0 Å². The summed E-state index contributed by atoms with van der Waals surface area (Å²) < 4.78 is 0. The normalized spacial score (nSPS) is 10.6. The Balaban J connectivity index is 2.51. The number of aromatic nitrogens is 2. The number of hydrogen-bond acceptors (Lipinski definition) is 4. The zero-order valence-corrected chi connectivity index (χ0v) is 13.7. The lowest BCUT2D eigenvalue weighted by Crippen LogP contribution is -2.10. The predicted molar refractivity (Wildman–Crippen MR) is 87.1 cm³/mol. The Morgan fingerprint density at radius 2 is 1.77 bits per heavy atom. The Labute approximate surface area is 134 Å². The molecule has 0 aliphatic carbocycles. The van der Waals surface area contributed by atoms with Crippen molar-refractivity contribution < 1.29 is 9.90 Å². The van der Waals surface area contributed by atoms with Gasteiger partial charge >= 0.3 is 5.97 Å². The largest absolute Gasteiger partial charge is 0.481 e. The summed E-state index contributed by atoms with van der Waals surface area (Å²) in [5, 5.41) is 12.4. The lowest BCUT2D eigenvalue weighted by molar-refractivity contribution is -0.136. The maximum atomic E-state index is 11.0. The summed E-state index contributed by atoms with van der Waals surface area (Å²) in [5.41, 5.74) is 4.59. The fraction of sp³-hybridized carbons (Fsp3) is 0.312. The molecule has 0 spiro atoms. The van der Waals surface area contributed by atoms with Crippen molar-refractivity contribution in [2.75, 3.05) is 5.32 Å². The van der Waals surface area contributed by atoms with Gasteiger partial charge in [0.05, 0.1) is 6.42 Å². The quantitative estimate of drug-likeness (QED) is 0.840. The van der Waals surface area contributed by atoms with Gasteiger partial charge in [0.25, 0.3) is 0 Å². The summed E-state index contributed by atoms with van der Waals surface area (Å²) in [6, 6.07) is 4.11. The number of halogens is 1. The molecule has 22 heavy (non-hydrogen) atoms. The van der Waals surface area contributed by atoms with Crippen LogP contribution in [0.4, 0.5) is 11.5 Å². The van der Waals surface area contributed by atoms with Crippen molar-refractivity contribution in [3.63, 3.8) is 0 Å². The average molecular weight is 320 g/mol. The maximum Gasteiger partial charge on any atom is 0.308 e. The van der Waals surface area contributed by atoms with Crippen LogP contribution in [-0.2, 0) is 11.2 Å². The molecule has 0 saturated carbocycles. The van der Waals surface area contributed by atoms with E-state index >= 15 is 0 Å². The summed E-state index contributed by atoms with van der Waals surface area (Å²) >= 11 is 6.10. The number of carbonyl (C=O) groups is 1. The third kappa shape index (κ3) is 3.54. The Kier molecular flexibility index (Phi) is 4.66. The minimum atomic E-state index is -0.977. The Bertz CT molecular complexity index is 721. The fourth-order valence-corrected chi connectivity index (χ4v) is 2.75. The van der Waals surface area contributed by atoms with Gasteiger partial charge in [0.1, 0.15) is 16.8 Å². The van der Waals surface area contributed by atoms with Crippen LogP contribution in [0, 0.1) is 27.7 Å². The number of carboxylic acid groups (broad SMARTS) is 1. The molecular formula is C16H18ClN3O2. The maximum absolute atomic E-state index is 11.0. The van der Waals surface area contributed by atoms with E-state index in [0.717, 1.165) is 16.8 Å². The highest BCUT2D eigenvalue weighted by Gasteiger charge is 2.16. The van der Waals surface area contributed by atoms with Crippen LogP contribution in [0.25, 0.3) is 0 Å². The SMILES string of the molecule is Cc1cc(C)c(Nc2nc(C)nc(Cl)c2CC(=O)O)c(C)c1. The van der Waals surface area contributed by atoms with Crippen LogP contribution in [0.1, 0.15) is 28.1 Å². The second-order valence-corrected chi connectivity index (χ2v) is 5.72. The molecule has 5 nitrogen and oxygen atoms in total. The number of carboxylic acids is 1. The molecule has 0 aliphatic rings. The zero-order chi connectivity index (χ0) is 16.4. The van der Waals surface area contributed by atoms with Crippen LogP contribution in [0.2, 0.25) is 5.15 Å². The van der Waals surface area contributed by atoms with E-state index in [-0.39, 0.29) is 11.6 Å². The summed E-state index contributed by atoms with van der Waals surface area (Å²) in [5.74, 6) is -0.0474. The number of hydrogen-bond donors (Lipinski definition) is 2. The first-order valence-corrected chi connectivity index (χ1v) is 7.25. The van der Waals surface area contributed by atoms with Crippen LogP contribution in [0.15, 0.2) is 12.1 Å². The zero-order valence-electron chi connectivity index (χ0n) is 13.0.